The quantitative estimate of drug-likeness (QED) is 0.732. The van der Waals surface area contributed by atoms with Crippen LogP contribution in [0.3, 0.4) is 0 Å². The zero-order chi connectivity index (χ0) is 13.3. The third-order valence-corrected chi connectivity index (χ3v) is 4.82. The van der Waals surface area contributed by atoms with Crippen LogP contribution in [-0.4, -0.2) is 41.0 Å². The maximum atomic E-state index is 12.3. The monoisotopic (exact) mass is 269 g/mol. The lowest BCUT2D eigenvalue weighted by Crippen LogP contribution is -2.50. The summed E-state index contributed by atoms with van der Waals surface area (Å²) in [6.45, 7) is 5.86. The summed E-state index contributed by atoms with van der Waals surface area (Å²) in [5, 5.41) is 3.12. The van der Waals surface area contributed by atoms with Gasteiger partial charge in [0.2, 0.25) is 5.91 Å². The highest BCUT2D eigenvalue weighted by Crippen LogP contribution is 2.30. The van der Waals surface area contributed by atoms with Crippen LogP contribution in [-0.2, 0) is 4.79 Å². The number of rotatable bonds is 5. The number of nitrogens with two attached hydrogens (primary N) is 1. The minimum atomic E-state index is -0.706. The van der Waals surface area contributed by atoms with Crippen molar-refractivity contribution in [1.82, 2.24) is 10.2 Å². The third kappa shape index (κ3) is 2.67. The van der Waals surface area contributed by atoms with E-state index in [2.05, 4.69) is 10.2 Å². The summed E-state index contributed by atoms with van der Waals surface area (Å²) in [6.07, 6.45) is 4.33. The first-order chi connectivity index (χ1) is 8.47. The molecule has 0 aromatic rings. The van der Waals surface area contributed by atoms with E-state index in [-0.39, 0.29) is 11.9 Å². The number of carbonyl (C=O) groups is 1. The zero-order valence-corrected chi connectivity index (χ0v) is 12.1. The highest BCUT2D eigenvalue weighted by molar-refractivity contribution is 7.80. The Labute approximate surface area is 114 Å². The smallest absolute Gasteiger partial charge is 0.233 e. The lowest BCUT2D eigenvalue weighted by molar-refractivity contribution is -0.127. The van der Waals surface area contributed by atoms with E-state index in [1.165, 1.54) is 12.8 Å². The molecular weight excluding hydrogens is 246 g/mol. The first-order valence-electron chi connectivity index (χ1n) is 6.82. The summed E-state index contributed by atoms with van der Waals surface area (Å²) < 4.78 is 0. The van der Waals surface area contributed by atoms with Gasteiger partial charge in [-0.2, -0.15) is 0 Å². The summed E-state index contributed by atoms with van der Waals surface area (Å²) in [4.78, 5) is 15.1. The molecule has 2 atom stereocenters. The third-order valence-electron chi connectivity index (χ3n) is 4.37. The van der Waals surface area contributed by atoms with Gasteiger partial charge in [-0.15, -0.1) is 0 Å². The van der Waals surface area contributed by atoms with E-state index in [0.717, 1.165) is 25.6 Å². The Hall–Kier alpha value is -0.680. The van der Waals surface area contributed by atoms with E-state index in [0.29, 0.717) is 11.4 Å². The molecule has 1 saturated carbocycles. The minimum Gasteiger partial charge on any atom is -0.392 e. The lowest BCUT2D eigenvalue weighted by atomic mass is 9.86. The van der Waals surface area contributed by atoms with Gasteiger partial charge in [0.1, 0.15) is 0 Å². The van der Waals surface area contributed by atoms with Crippen molar-refractivity contribution in [3.63, 3.8) is 0 Å². The Balaban J connectivity index is 1.89. The topological polar surface area (TPSA) is 58.4 Å². The molecule has 2 fully saturated rings. The normalized spacial score (nSPS) is 27.8. The molecule has 0 spiro atoms. The van der Waals surface area contributed by atoms with Crippen molar-refractivity contribution in [1.29, 1.82) is 0 Å². The van der Waals surface area contributed by atoms with Gasteiger partial charge < -0.3 is 11.1 Å². The van der Waals surface area contributed by atoms with Gasteiger partial charge in [-0.25, -0.2) is 0 Å². The van der Waals surface area contributed by atoms with Crippen LogP contribution in [0.4, 0.5) is 0 Å². The molecule has 2 unspecified atom stereocenters. The van der Waals surface area contributed by atoms with E-state index in [4.69, 9.17) is 18.0 Å². The molecule has 0 bridgehead atoms. The highest BCUT2D eigenvalue weighted by Gasteiger charge is 2.39. The molecule has 18 heavy (non-hydrogen) atoms. The van der Waals surface area contributed by atoms with Crippen LogP contribution in [0.2, 0.25) is 0 Å². The van der Waals surface area contributed by atoms with Crippen molar-refractivity contribution in [2.45, 2.75) is 51.6 Å². The molecular formula is C13H23N3OS. The number of carbonyl (C=O) groups excluding carboxylic acids is 1. The van der Waals surface area contributed by atoms with Crippen LogP contribution < -0.4 is 11.1 Å². The van der Waals surface area contributed by atoms with E-state index in [9.17, 15) is 4.79 Å². The van der Waals surface area contributed by atoms with Crippen LogP contribution in [0.15, 0.2) is 0 Å². The van der Waals surface area contributed by atoms with Gasteiger partial charge in [0.05, 0.1) is 10.4 Å². The number of nitrogens with zero attached hydrogens (tertiary/aromatic N) is 1. The van der Waals surface area contributed by atoms with Gasteiger partial charge in [-0.3, -0.25) is 9.69 Å². The van der Waals surface area contributed by atoms with Crippen molar-refractivity contribution in [3.05, 3.63) is 0 Å². The predicted molar refractivity (Wildman–Crippen MR) is 76.3 cm³/mol. The Morgan fingerprint density at radius 3 is 2.67 bits per heavy atom. The van der Waals surface area contributed by atoms with Crippen LogP contribution >= 0.6 is 12.2 Å². The minimum absolute atomic E-state index is 0.0138. The second-order valence-corrected chi connectivity index (χ2v) is 6.17. The first kappa shape index (κ1) is 13.7. The summed E-state index contributed by atoms with van der Waals surface area (Å²) in [5.41, 5.74) is 5.00. The van der Waals surface area contributed by atoms with Crippen molar-refractivity contribution < 1.29 is 4.79 Å². The molecule has 5 heteroatoms. The highest BCUT2D eigenvalue weighted by atomic mass is 32.1. The Kier molecular flexibility index (Phi) is 3.92. The predicted octanol–water partition coefficient (Wildman–Crippen LogP) is 1.04. The number of amides is 1. The number of nitrogens with one attached hydrogen (secondary N) is 1. The average Bonchev–Trinajstić information content (AvgIpc) is 3.09. The molecule has 1 aliphatic heterocycles. The molecule has 0 aromatic heterocycles. The largest absolute Gasteiger partial charge is 0.392 e. The average molecular weight is 269 g/mol. The van der Waals surface area contributed by atoms with Crippen molar-refractivity contribution in [2.24, 2.45) is 11.1 Å². The maximum absolute atomic E-state index is 12.3. The molecule has 1 amide bonds. The Bertz CT molecular complexity index is 356. The zero-order valence-electron chi connectivity index (χ0n) is 11.2. The molecule has 0 radical (unpaired) electrons. The molecule has 2 aliphatic rings. The Morgan fingerprint density at radius 1 is 1.50 bits per heavy atom. The summed E-state index contributed by atoms with van der Waals surface area (Å²) in [5.74, 6) is -0.0138. The molecule has 1 heterocycles. The molecule has 1 aliphatic carbocycles. The Morgan fingerprint density at radius 2 is 2.17 bits per heavy atom. The number of hydrogen-bond acceptors (Lipinski definition) is 3. The van der Waals surface area contributed by atoms with Gasteiger partial charge in [0.15, 0.2) is 0 Å². The van der Waals surface area contributed by atoms with Crippen LogP contribution in [0.5, 0.6) is 0 Å². The summed E-state index contributed by atoms with van der Waals surface area (Å²) in [7, 11) is 0. The van der Waals surface area contributed by atoms with Gasteiger partial charge in [-0.1, -0.05) is 19.1 Å². The molecule has 102 valence electrons. The number of thiocarbonyl (C=S) groups is 1. The van der Waals surface area contributed by atoms with Crippen molar-refractivity contribution in [2.75, 3.05) is 13.1 Å². The van der Waals surface area contributed by atoms with Gasteiger partial charge >= 0.3 is 0 Å². The molecule has 1 saturated heterocycles. The fourth-order valence-corrected chi connectivity index (χ4v) is 2.70. The van der Waals surface area contributed by atoms with Gasteiger partial charge in [-0.05, 0) is 32.6 Å². The number of likely N-dealkylation sites (tertiary alicyclic amines) is 1. The maximum Gasteiger partial charge on any atom is 0.233 e. The van der Waals surface area contributed by atoms with E-state index < -0.39 is 5.41 Å². The standard InChI is InChI=1S/C13H23N3OS/c1-3-13(2,11(14)18)12(17)15-9-6-7-16(8-9)10-4-5-10/h9-10H,3-8H2,1-2H3,(H2,14,18)(H,15,17). The summed E-state index contributed by atoms with van der Waals surface area (Å²) in [6, 6.07) is 1.04. The van der Waals surface area contributed by atoms with E-state index in [1.807, 2.05) is 13.8 Å². The van der Waals surface area contributed by atoms with Crippen LogP contribution in [0, 0.1) is 5.41 Å². The molecule has 4 nitrogen and oxygen atoms in total. The molecule has 0 aromatic carbocycles. The number of hydrogen-bond donors (Lipinski definition) is 2. The second kappa shape index (κ2) is 5.13. The fraction of sp³-hybridized carbons (Fsp3) is 0.846. The van der Waals surface area contributed by atoms with E-state index >= 15 is 0 Å². The van der Waals surface area contributed by atoms with Crippen molar-refractivity contribution >= 4 is 23.1 Å². The SMILES string of the molecule is CCC(C)(C(=O)NC1CCN(C2CC2)C1)C(N)=S. The summed E-state index contributed by atoms with van der Waals surface area (Å²) >= 11 is 5.03. The first-order valence-corrected chi connectivity index (χ1v) is 7.23. The van der Waals surface area contributed by atoms with Gasteiger partial charge in [0.25, 0.3) is 0 Å². The molecule has 3 N–H and O–H groups in total. The lowest BCUT2D eigenvalue weighted by Gasteiger charge is -2.27. The van der Waals surface area contributed by atoms with Crippen LogP contribution in [0.25, 0.3) is 0 Å². The van der Waals surface area contributed by atoms with Gasteiger partial charge in [0, 0.05) is 25.2 Å². The van der Waals surface area contributed by atoms with Crippen molar-refractivity contribution in [3.8, 4) is 0 Å². The fourth-order valence-electron chi connectivity index (χ4n) is 2.47. The second-order valence-electron chi connectivity index (χ2n) is 5.74. The van der Waals surface area contributed by atoms with E-state index in [1.54, 1.807) is 0 Å². The molecule has 2 rings (SSSR count). The van der Waals surface area contributed by atoms with Crippen LogP contribution in [0.1, 0.15) is 39.5 Å².